The van der Waals surface area contributed by atoms with Crippen molar-refractivity contribution in [1.29, 1.82) is 0 Å². The summed E-state index contributed by atoms with van der Waals surface area (Å²) in [6, 6.07) is 2.97. The lowest BCUT2D eigenvalue weighted by molar-refractivity contribution is 0.0712. The molecule has 0 saturated carbocycles. The number of aromatic nitrogens is 1. The Morgan fingerprint density at radius 3 is 2.81 bits per heavy atom. The highest BCUT2D eigenvalue weighted by molar-refractivity contribution is 7.91. The van der Waals surface area contributed by atoms with E-state index in [0.29, 0.717) is 17.8 Å². The summed E-state index contributed by atoms with van der Waals surface area (Å²) in [5.41, 5.74) is 3.68. The van der Waals surface area contributed by atoms with Gasteiger partial charge in [-0.2, -0.15) is 0 Å². The number of nitrogen functional groups attached to an aromatic ring is 1. The van der Waals surface area contributed by atoms with Crippen LogP contribution in [0.5, 0.6) is 0 Å². The number of carbonyl (C=O) groups excluding carboxylic acids is 1. The Labute approximate surface area is 124 Å². The average molecular weight is 312 g/mol. The molecular weight excluding hydrogens is 292 g/mol. The number of nitrogens with zero attached hydrogens (tertiary/aromatic N) is 2. The number of hydrazine groups is 1. The number of carbonyl (C=O) groups is 1. The number of hydrogen-bond acceptors (Lipinski definition) is 6. The van der Waals surface area contributed by atoms with Crippen LogP contribution in [0.2, 0.25) is 0 Å². The molecule has 1 saturated heterocycles. The first kappa shape index (κ1) is 15.7. The van der Waals surface area contributed by atoms with E-state index in [2.05, 4.69) is 10.4 Å². The number of sulfone groups is 1. The van der Waals surface area contributed by atoms with Gasteiger partial charge in [-0.15, -0.1) is 0 Å². The van der Waals surface area contributed by atoms with E-state index >= 15 is 0 Å². The maximum absolute atomic E-state index is 12.6. The summed E-state index contributed by atoms with van der Waals surface area (Å²) in [6.07, 6.45) is 0.680. The summed E-state index contributed by atoms with van der Waals surface area (Å²) in [5, 5.41) is 0. The number of anilines is 1. The molecule has 2 rings (SSSR count). The maximum Gasteiger partial charge on any atom is 0.254 e. The molecular formula is C13H20N4O3S. The van der Waals surface area contributed by atoms with Crippen molar-refractivity contribution in [3.05, 3.63) is 23.4 Å². The summed E-state index contributed by atoms with van der Waals surface area (Å²) in [7, 11) is -3.04. The van der Waals surface area contributed by atoms with Gasteiger partial charge in [0.25, 0.3) is 5.91 Å². The van der Waals surface area contributed by atoms with Gasteiger partial charge in [-0.25, -0.2) is 19.2 Å². The molecule has 0 spiro atoms. The van der Waals surface area contributed by atoms with Gasteiger partial charge in [0.05, 0.1) is 11.5 Å². The number of pyridine rings is 1. The summed E-state index contributed by atoms with van der Waals surface area (Å²) >= 11 is 0. The van der Waals surface area contributed by atoms with Crippen molar-refractivity contribution in [2.75, 3.05) is 23.5 Å². The summed E-state index contributed by atoms with van der Waals surface area (Å²) in [5.74, 6) is 5.62. The Balaban J connectivity index is 2.28. The van der Waals surface area contributed by atoms with Crippen molar-refractivity contribution in [3.63, 3.8) is 0 Å². The maximum atomic E-state index is 12.6. The normalized spacial score (nSPS) is 21.1. The zero-order valence-electron chi connectivity index (χ0n) is 12.2. The van der Waals surface area contributed by atoms with Crippen molar-refractivity contribution in [2.24, 2.45) is 5.84 Å². The number of rotatable bonds is 3. The quantitative estimate of drug-likeness (QED) is 0.609. The second kappa shape index (κ2) is 5.98. The summed E-state index contributed by atoms with van der Waals surface area (Å²) in [4.78, 5) is 18.4. The van der Waals surface area contributed by atoms with Crippen LogP contribution >= 0.6 is 0 Å². The number of amides is 1. The molecule has 3 N–H and O–H groups in total. The van der Waals surface area contributed by atoms with E-state index in [9.17, 15) is 13.2 Å². The number of nitrogens with two attached hydrogens (primary N) is 1. The molecule has 0 aliphatic carbocycles. The lowest BCUT2D eigenvalue weighted by Gasteiger charge is -2.33. The fourth-order valence-corrected chi connectivity index (χ4v) is 3.99. The van der Waals surface area contributed by atoms with E-state index in [4.69, 9.17) is 5.84 Å². The van der Waals surface area contributed by atoms with Crippen LogP contribution in [0.3, 0.4) is 0 Å². The Morgan fingerprint density at radius 2 is 2.24 bits per heavy atom. The molecule has 0 bridgehead atoms. The molecule has 7 nitrogen and oxygen atoms in total. The zero-order valence-corrected chi connectivity index (χ0v) is 13.0. The first-order chi connectivity index (χ1) is 9.86. The van der Waals surface area contributed by atoms with Crippen molar-refractivity contribution >= 4 is 21.6 Å². The zero-order chi connectivity index (χ0) is 15.6. The largest absolute Gasteiger partial charge is 0.334 e. The van der Waals surface area contributed by atoms with Gasteiger partial charge < -0.3 is 10.3 Å². The van der Waals surface area contributed by atoms with Crippen molar-refractivity contribution < 1.29 is 13.2 Å². The number of hydrogen-bond donors (Lipinski definition) is 2. The fourth-order valence-electron chi connectivity index (χ4n) is 2.43. The molecule has 1 aromatic rings. The first-order valence-corrected chi connectivity index (χ1v) is 8.67. The van der Waals surface area contributed by atoms with Crippen LogP contribution in [0.1, 0.15) is 29.9 Å². The van der Waals surface area contributed by atoms with Gasteiger partial charge in [0.2, 0.25) is 0 Å². The highest BCUT2D eigenvalue weighted by Crippen LogP contribution is 2.18. The molecule has 1 amide bonds. The van der Waals surface area contributed by atoms with E-state index in [1.807, 2.05) is 6.92 Å². The monoisotopic (exact) mass is 312 g/mol. The predicted molar refractivity (Wildman–Crippen MR) is 80.6 cm³/mol. The molecule has 2 heterocycles. The van der Waals surface area contributed by atoms with Gasteiger partial charge in [-0.3, -0.25) is 4.79 Å². The molecule has 0 radical (unpaired) electrons. The summed E-state index contributed by atoms with van der Waals surface area (Å²) < 4.78 is 23.2. The molecule has 1 aliphatic rings. The fraction of sp³-hybridized carbons (Fsp3) is 0.538. The molecule has 1 unspecified atom stereocenters. The molecule has 1 fully saturated rings. The van der Waals surface area contributed by atoms with E-state index in [1.54, 1.807) is 24.0 Å². The van der Waals surface area contributed by atoms with E-state index in [1.165, 1.54) is 0 Å². The third-order valence-electron chi connectivity index (χ3n) is 3.57. The number of nitrogens with one attached hydrogen (secondary N) is 1. The lowest BCUT2D eigenvalue weighted by Crippen LogP contribution is -2.49. The minimum atomic E-state index is -3.04. The van der Waals surface area contributed by atoms with Gasteiger partial charge in [0, 0.05) is 23.8 Å². The van der Waals surface area contributed by atoms with Crippen LogP contribution in [-0.4, -0.2) is 48.3 Å². The lowest BCUT2D eigenvalue weighted by atomic mass is 10.1. The van der Waals surface area contributed by atoms with Crippen LogP contribution in [-0.2, 0) is 16.3 Å². The highest BCUT2D eigenvalue weighted by Gasteiger charge is 2.31. The number of aryl methyl sites for hydroxylation is 1. The SMILES string of the molecule is CCc1cc(C(=O)N2CCS(=O)(=O)CC2C)cc(NN)n1. The first-order valence-electron chi connectivity index (χ1n) is 6.85. The second-order valence-electron chi connectivity index (χ2n) is 5.19. The second-order valence-corrected chi connectivity index (χ2v) is 7.42. The average Bonchev–Trinajstić information content (AvgIpc) is 2.45. The molecule has 21 heavy (non-hydrogen) atoms. The van der Waals surface area contributed by atoms with E-state index in [0.717, 1.165) is 5.69 Å². The van der Waals surface area contributed by atoms with Crippen LogP contribution in [0.25, 0.3) is 0 Å². The van der Waals surface area contributed by atoms with E-state index < -0.39 is 9.84 Å². The Hall–Kier alpha value is -1.67. The molecule has 116 valence electrons. The Morgan fingerprint density at radius 1 is 1.52 bits per heavy atom. The summed E-state index contributed by atoms with van der Waals surface area (Å²) in [6.45, 7) is 3.91. The predicted octanol–water partition coefficient (Wildman–Crippen LogP) is 0.189. The molecule has 1 aliphatic heterocycles. The van der Waals surface area contributed by atoms with Crippen molar-refractivity contribution in [3.8, 4) is 0 Å². The Kier molecular flexibility index (Phi) is 4.48. The van der Waals surface area contributed by atoms with Crippen LogP contribution < -0.4 is 11.3 Å². The Bertz CT molecular complexity index is 623. The van der Waals surface area contributed by atoms with Crippen molar-refractivity contribution in [2.45, 2.75) is 26.3 Å². The molecule has 1 aromatic heterocycles. The van der Waals surface area contributed by atoms with Crippen LogP contribution in [0.15, 0.2) is 12.1 Å². The molecule has 1 atom stereocenters. The van der Waals surface area contributed by atoms with E-state index in [-0.39, 0.29) is 30.0 Å². The smallest absolute Gasteiger partial charge is 0.254 e. The topological polar surface area (TPSA) is 105 Å². The van der Waals surface area contributed by atoms with Gasteiger partial charge in [-0.05, 0) is 25.5 Å². The minimum Gasteiger partial charge on any atom is -0.334 e. The highest BCUT2D eigenvalue weighted by atomic mass is 32.2. The third-order valence-corrected chi connectivity index (χ3v) is 5.36. The van der Waals surface area contributed by atoms with Crippen LogP contribution in [0.4, 0.5) is 5.82 Å². The van der Waals surface area contributed by atoms with Crippen LogP contribution in [0, 0.1) is 0 Å². The van der Waals surface area contributed by atoms with Gasteiger partial charge in [0.1, 0.15) is 5.82 Å². The van der Waals surface area contributed by atoms with Gasteiger partial charge >= 0.3 is 0 Å². The molecule has 8 heteroatoms. The van der Waals surface area contributed by atoms with Crippen molar-refractivity contribution in [1.82, 2.24) is 9.88 Å². The molecule has 0 aromatic carbocycles. The van der Waals surface area contributed by atoms with Gasteiger partial charge in [-0.1, -0.05) is 6.92 Å². The third kappa shape index (κ3) is 3.51. The standard InChI is InChI=1S/C13H20N4O3S/c1-3-11-6-10(7-12(15-11)16-14)13(18)17-4-5-21(19,20)8-9(17)2/h6-7,9H,3-5,8,14H2,1-2H3,(H,15,16). The minimum absolute atomic E-state index is 0.00640. The van der Waals surface area contributed by atoms with Gasteiger partial charge in [0.15, 0.2) is 9.84 Å².